The van der Waals surface area contributed by atoms with Crippen molar-refractivity contribution >= 4 is 17.8 Å². The number of likely N-dealkylation sites (N-methyl/N-ethyl adjacent to an activating group) is 1. The van der Waals surface area contributed by atoms with Crippen LogP contribution >= 0.6 is 0 Å². The normalized spacial score (nSPS) is 10.8. The van der Waals surface area contributed by atoms with Crippen LogP contribution in [0.4, 0.5) is 0 Å². The van der Waals surface area contributed by atoms with Crippen molar-refractivity contribution in [2.75, 3.05) is 20.2 Å². The van der Waals surface area contributed by atoms with E-state index in [4.69, 9.17) is 4.74 Å². The van der Waals surface area contributed by atoms with Crippen molar-refractivity contribution in [2.45, 2.75) is 26.3 Å². The molecule has 0 saturated carbocycles. The Labute approximate surface area is 135 Å². The summed E-state index contributed by atoms with van der Waals surface area (Å²) < 4.78 is 4.88. The third kappa shape index (κ3) is 6.82. The maximum atomic E-state index is 11.9. The summed E-state index contributed by atoms with van der Waals surface area (Å²) in [6.45, 7) is 4.91. The van der Waals surface area contributed by atoms with Crippen LogP contribution in [0.15, 0.2) is 24.3 Å². The SMILES string of the molecule is CN(CC(=O)NC(C)(C)C)C(=O)COC(=O)c1cccc(O)c1. The van der Waals surface area contributed by atoms with Gasteiger partial charge in [0.25, 0.3) is 5.91 Å². The van der Waals surface area contributed by atoms with Gasteiger partial charge in [0.05, 0.1) is 12.1 Å². The Balaban J connectivity index is 2.46. The van der Waals surface area contributed by atoms with Gasteiger partial charge in [0.1, 0.15) is 5.75 Å². The van der Waals surface area contributed by atoms with Gasteiger partial charge in [-0.3, -0.25) is 9.59 Å². The van der Waals surface area contributed by atoms with Crippen molar-refractivity contribution in [1.29, 1.82) is 0 Å². The molecule has 0 spiro atoms. The van der Waals surface area contributed by atoms with Crippen LogP contribution < -0.4 is 5.32 Å². The summed E-state index contributed by atoms with van der Waals surface area (Å²) in [5.74, 6) is -1.58. The van der Waals surface area contributed by atoms with Gasteiger partial charge in [-0.05, 0) is 39.0 Å². The number of rotatable bonds is 5. The van der Waals surface area contributed by atoms with Crippen molar-refractivity contribution in [2.24, 2.45) is 0 Å². The predicted octanol–water partition coefficient (Wildman–Crippen LogP) is 0.922. The summed E-state index contributed by atoms with van der Waals surface area (Å²) in [6, 6.07) is 5.63. The Hall–Kier alpha value is -2.57. The van der Waals surface area contributed by atoms with Crippen molar-refractivity contribution in [3.8, 4) is 5.75 Å². The van der Waals surface area contributed by atoms with Crippen LogP contribution in [0, 0.1) is 0 Å². The topological polar surface area (TPSA) is 95.9 Å². The van der Waals surface area contributed by atoms with Gasteiger partial charge in [0, 0.05) is 12.6 Å². The number of ether oxygens (including phenoxy) is 1. The summed E-state index contributed by atoms with van der Waals surface area (Å²) in [6.07, 6.45) is 0. The van der Waals surface area contributed by atoms with Crippen molar-refractivity contribution < 1.29 is 24.2 Å². The molecule has 0 aliphatic heterocycles. The van der Waals surface area contributed by atoms with Gasteiger partial charge < -0.3 is 20.1 Å². The molecule has 1 aromatic rings. The maximum absolute atomic E-state index is 11.9. The molecule has 0 aliphatic carbocycles. The molecule has 0 bridgehead atoms. The van der Waals surface area contributed by atoms with Gasteiger partial charge in [-0.15, -0.1) is 0 Å². The molecule has 1 aromatic carbocycles. The van der Waals surface area contributed by atoms with Gasteiger partial charge in [0.15, 0.2) is 6.61 Å². The molecule has 0 atom stereocenters. The minimum Gasteiger partial charge on any atom is -0.508 e. The lowest BCUT2D eigenvalue weighted by molar-refractivity contribution is -0.137. The first kappa shape index (κ1) is 18.5. The summed E-state index contributed by atoms with van der Waals surface area (Å²) in [7, 11) is 1.45. The number of esters is 1. The van der Waals surface area contributed by atoms with E-state index in [2.05, 4.69) is 5.32 Å². The monoisotopic (exact) mass is 322 g/mol. The lowest BCUT2D eigenvalue weighted by Crippen LogP contribution is -2.46. The molecule has 0 saturated heterocycles. The highest BCUT2D eigenvalue weighted by atomic mass is 16.5. The fourth-order valence-corrected chi connectivity index (χ4v) is 1.72. The fourth-order valence-electron chi connectivity index (χ4n) is 1.72. The first-order valence-corrected chi connectivity index (χ1v) is 7.09. The Morgan fingerprint density at radius 2 is 1.91 bits per heavy atom. The maximum Gasteiger partial charge on any atom is 0.338 e. The van der Waals surface area contributed by atoms with Crippen LogP contribution in [0.25, 0.3) is 0 Å². The summed E-state index contributed by atoms with van der Waals surface area (Å²) >= 11 is 0. The Morgan fingerprint density at radius 1 is 1.26 bits per heavy atom. The number of phenols is 1. The average molecular weight is 322 g/mol. The quantitative estimate of drug-likeness (QED) is 0.786. The zero-order chi connectivity index (χ0) is 17.6. The fraction of sp³-hybridized carbons (Fsp3) is 0.438. The standard InChI is InChI=1S/C16H22N2O5/c1-16(2,3)17-13(20)9-18(4)14(21)10-23-15(22)11-6-5-7-12(19)8-11/h5-8,19H,9-10H2,1-4H3,(H,17,20). The van der Waals surface area contributed by atoms with Crippen molar-refractivity contribution in [1.82, 2.24) is 10.2 Å². The highest BCUT2D eigenvalue weighted by Crippen LogP contribution is 2.11. The van der Waals surface area contributed by atoms with Crippen LogP contribution in [0.5, 0.6) is 5.75 Å². The van der Waals surface area contributed by atoms with E-state index in [1.807, 2.05) is 20.8 Å². The van der Waals surface area contributed by atoms with Crippen LogP contribution in [0.1, 0.15) is 31.1 Å². The first-order valence-electron chi connectivity index (χ1n) is 7.09. The van der Waals surface area contributed by atoms with E-state index in [0.29, 0.717) is 0 Å². The second-order valence-electron chi connectivity index (χ2n) is 6.17. The van der Waals surface area contributed by atoms with Crippen LogP contribution in [-0.4, -0.2) is 53.5 Å². The first-order chi connectivity index (χ1) is 10.6. The van der Waals surface area contributed by atoms with Gasteiger partial charge in [-0.2, -0.15) is 0 Å². The molecule has 0 aromatic heterocycles. The summed E-state index contributed by atoms with van der Waals surface area (Å²) in [5.41, 5.74) is -0.242. The van der Waals surface area contributed by atoms with Crippen molar-refractivity contribution in [3.63, 3.8) is 0 Å². The number of benzene rings is 1. The summed E-state index contributed by atoms with van der Waals surface area (Å²) in [5, 5.41) is 12.0. The number of hydrogen-bond donors (Lipinski definition) is 2. The minimum atomic E-state index is -0.721. The zero-order valence-electron chi connectivity index (χ0n) is 13.8. The second kappa shape index (κ2) is 7.62. The van der Waals surface area contributed by atoms with E-state index in [-0.39, 0.29) is 29.3 Å². The molecule has 0 unspecified atom stereocenters. The predicted molar refractivity (Wildman–Crippen MR) is 83.9 cm³/mol. The number of carbonyl (C=O) groups is 3. The van der Waals surface area contributed by atoms with E-state index < -0.39 is 18.5 Å². The van der Waals surface area contributed by atoms with E-state index in [0.717, 1.165) is 0 Å². The molecule has 126 valence electrons. The van der Waals surface area contributed by atoms with Crippen LogP contribution in [0.3, 0.4) is 0 Å². The molecule has 0 heterocycles. The van der Waals surface area contributed by atoms with E-state index in [1.54, 1.807) is 0 Å². The van der Waals surface area contributed by atoms with Gasteiger partial charge >= 0.3 is 5.97 Å². The molecule has 23 heavy (non-hydrogen) atoms. The molecule has 0 fully saturated rings. The number of carbonyl (C=O) groups excluding carboxylic acids is 3. The Kier molecular flexibility index (Phi) is 6.12. The summed E-state index contributed by atoms with van der Waals surface area (Å²) in [4.78, 5) is 36.5. The van der Waals surface area contributed by atoms with Gasteiger partial charge in [-0.1, -0.05) is 6.07 Å². The number of hydrogen-bond acceptors (Lipinski definition) is 5. The number of nitrogens with zero attached hydrogens (tertiary/aromatic N) is 1. The molecule has 7 nitrogen and oxygen atoms in total. The van der Waals surface area contributed by atoms with Crippen molar-refractivity contribution in [3.05, 3.63) is 29.8 Å². The molecule has 1 rings (SSSR count). The van der Waals surface area contributed by atoms with E-state index in [1.165, 1.54) is 36.2 Å². The average Bonchev–Trinajstić information content (AvgIpc) is 2.42. The van der Waals surface area contributed by atoms with Gasteiger partial charge in [-0.25, -0.2) is 4.79 Å². The van der Waals surface area contributed by atoms with Gasteiger partial charge in [0.2, 0.25) is 5.91 Å². The number of amides is 2. The van der Waals surface area contributed by atoms with E-state index in [9.17, 15) is 19.5 Å². The zero-order valence-corrected chi connectivity index (χ0v) is 13.8. The Morgan fingerprint density at radius 3 is 2.48 bits per heavy atom. The molecular formula is C16H22N2O5. The number of phenolic OH excluding ortho intramolecular Hbond substituents is 1. The number of aromatic hydroxyl groups is 1. The van der Waals surface area contributed by atoms with E-state index >= 15 is 0 Å². The highest BCUT2D eigenvalue weighted by Gasteiger charge is 2.19. The largest absolute Gasteiger partial charge is 0.508 e. The third-order valence-electron chi connectivity index (χ3n) is 2.73. The second-order valence-corrected chi connectivity index (χ2v) is 6.17. The molecule has 7 heteroatoms. The smallest absolute Gasteiger partial charge is 0.338 e. The molecule has 0 radical (unpaired) electrons. The highest BCUT2D eigenvalue weighted by molar-refractivity contribution is 5.92. The third-order valence-corrected chi connectivity index (χ3v) is 2.73. The van der Waals surface area contributed by atoms with Crippen LogP contribution in [0.2, 0.25) is 0 Å². The minimum absolute atomic E-state index is 0.0678. The Bertz CT molecular complexity index is 592. The number of nitrogens with one attached hydrogen (secondary N) is 1. The molecular weight excluding hydrogens is 300 g/mol. The lowest BCUT2D eigenvalue weighted by Gasteiger charge is -2.23. The molecule has 2 N–H and O–H groups in total. The van der Waals surface area contributed by atoms with Crippen LogP contribution in [-0.2, 0) is 14.3 Å². The lowest BCUT2D eigenvalue weighted by atomic mass is 10.1. The molecule has 2 amide bonds. The molecule has 0 aliphatic rings.